The number of benzene rings is 1. The Bertz CT molecular complexity index is 617. The minimum absolute atomic E-state index is 0.0203. The van der Waals surface area contributed by atoms with Gasteiger partial charge in [0.1, 0.15) is 0 Å². The van der Waals surface area contributed by atoms with E-state index in [-0.39, 0.29) is 27.9 Å². The SMILES string of the molecule is CCNc1nc(-c2cccc(Cl)c2F)nc(C)c1F. The Morgan fingerprint density at radius 3 is 2.63 bits per heavy atom. The van der Waals surface area contributed by atoms with Gasteiger partial charge in [-0.2, -0.15) is 0 Å². The first-order chi connectivity index (χ1) is 9.04. The molecule has 0 aliphatic rings. The first kappa shape index (κ1) is 13.7. The minimum atomic E-state index is -0.613. The molecule has 6 heteroatoms. The van der Waals surface area contributed by atoms with E-state index in [4.69, 9.17) is 11.6 Å². The van der Waals surface area contributed by atoms with Gasteiger partial charge in [-0.25, -0.2) is 18.7 Å². The first-order valence-corrected chi connectivity index (χ1v) is 6.14. The maximum atomic E-state index is 13.9. The predicted octanol–water partition coefficient (Wildman–Crippen LogP) is 3.82. The number of nitrogens with one attached hydrogen (secondary N) is 1. The molecular weight excluding hydrogens is 272 g/mol. The zero-order chi connectivity index (χ0) is 14.0. The lowest BCUT2D eigenvalue weighted by Gasteiger charge is -2.09. The average Bonchev–Trinajstić information content (AvgIpc) is 2.38. The van der Waals surface area contributed by atoms with Gasteiger partial charge in [0.2, 0.25) is 0 Å². The van der Waals surface area contributed by atoms with Crippen molar-refractivity contribution in [1.29, 1.82) is 0 Å². The number of rotatable bonds is 3. The van der Waals surface area contributed by atoms with Crippen LogP contribution in [-0.4, -0.2) is 16.5 Å². The summed E-state index contributed by atoms with van der Waals surface area (Å²) in [5, 5.41) is 2.76. The Morgan fingerprint density at radius 1 is 1.21 bits per heavy atom. The topological polar surface area (TPSA) is 37.8 Å². The molecule has 0 fully saturated rings. The molecule has 3 nitrogen and oxygen atoms in total. The molecule has 0 saturated carbocycles. The molecule has 0 amide bonds. The van der Waals surface area contributed by atoms with Gasteiger partial charge in [0.05, 0.1) is 16.3 Å². The first-order valence-electron chi connectivity index (χ1n) is 5.77. The minimum Gasteiger partial charge on any atom is -0.368 e. The van der Waals surface area contributed by atoms with Crippen molar-refractivity contribution in [3.05, 3.63) is 40.6 Å². The highest BCUT2D eigenvalue weighted by Gasteiger charge is 2.16. The molecule has 0 aliphatic heterocycles. The molecule has 0 saturated heterocycles. The number of halogens is 3. The monoisotopic (exact) mass is 283 g/mol. The number of aryl methyl sites for hydroxylation is 1. The highest BCUT2D eigenvalue weighted by Crippen LogP contribution is 2.27. The Morgan fingerprint density at radius 2 is 1.95 bits per heavy atom. The standard InChI is InChI=1S/C13H12ClF2N3/c1-3-17-13-10(15)7(2)18-12(19-13)8-5-4-6-9(14)11(8)16/h4-6H,3H2,1-2H3,(H,17,18,19). The second-order valence-corrected chi connectivity index (χ2v) is 4.33. The Balaban J connectivity index is 2.59. The van der Waals surface area contributed by atoms with E-state index in [1.807, 2.05) is 6.92 Å². The normalized spacial score (nSPS) is 10.6. The van der Waals surface area contributed by atoms with Crippen molar-refractivity contribution in [2.45, 2.75) is 13.8 Å². The van der Waals surface area contributed by atoms with Crippen LogP contribution in [0.3, 0.4) is 0 Å². The lowest BCUT2D eigenvalue weighted by Crippen LogP contribution is -2.07. The summed E-state index contributed by atoms with van der Waals surface area (Å²) in [6.07, 6.45) is 0. The smallest absolute Gasteiger partial charge is 0.186 e. The second kappa shape index (κ2) is 5.48. The molecule has 0 bridgehead atoms. The Kier molecular flexibility index (Phi) is 3.95. The maximum absolute atomic E-state index is 13.9. The molecule has 0 spiro atoms. The maximum Gasteiger partial charge on any atom is 0.186 e. The van der Waals surface area contributed by atoms with Gasteiger partial charge in [0.25, 0.3) is 0 Å². The highest BCUT2D eigenvalue weighted by atomic mass is 35.5. The fraction of sp³-hybridized carbons (Fsp3) is 0.231. The lowest BCUT2D eigenvalue weighted by atomic mass is 10.2. The van der Waals surface area contributed by atoms with E-state index < -0.39 is 11.6 Å². The quantitative estimate of drug-likeness (QED) is 0.931. The lowest BCUT2D eigenvalue weighted by molar-refractivity contribution is 0.604. The van der Waals surface area contributed by atoms with Crippen LogP contribution in [0.15, 0.2) is 18.2 Å². The van der Waals surface area contributed by atoms with E-state index in [0.29, 0.717) is 6.54 Å². The van der Waals surface area contributed by atoms with E-state index in [1.165, 1.54) is 19.1 Å². The molecule has 1 heterocycles. The van der Waals surface area contributed by atoms with Gasteiger partial charge in [0, 0.05) is 6.54 Å². The third kappa shape index (κ3) is 2.66. The summed E-state index contributed by atoms with van der Waals surface area (Å²) >= 11 is 5.72. The van der Waals surface area contributed by atoms with Crippen molar-refractivity contribution in [1.82, 2.24) is 9.97 Å². The average molecular weight is 284 g/mol. The Labute approximate surface area is 114 Å². The van der Waals surface area contributed by atoms with Gasteiger partial charge in [-0.3, -0.25) is 0 Å². The highest BCUT2D eigenvalue weighted by molar-refractivity contribution is 6.31. The third-order valence-corrected chi connectivity index (χ3v) is 2.85. The summed E-state index contributed by atoms with van der Waals surface area (Å²) in [5.41, 5.74) is 0.301. The van der Waals surface area contributed by atoms with Crippen LogP contribution in [0.25, 0.3) is 11.4 Å². The summed E-state index contributed by atoms with van der Waals surface area (Å²) in [7, 11) is 0. The van der Waals surface area contributed by atoms with Gasteiger partial charge in [-0.15, -0.1) is 0 Å². The van der Waals surface area contributed by atoms with Crippen LogP contribution in [-0.2, 0) is 0 Å². The number of nitrogens with zero attached hydrogens (tertiary/aromatic N) is 2. The fourth-order valence-corrected chi connectivity index (χ4v) is 1.82. The van der Waals surface area contributed by atoms with Crippen molar-refractivity contribution in [2.24, 2.45) is 0 Å². The van der Waals surface area contributed by atoms with Gasteiger partial charge in [-0.1, -0.05) is 17.7 Å². The van der Waals surface area contributed by atoms with Gasteiger partial charge in [-0.05, 0) is 26.0 Å². The summed E-state index contributed by atoms with van der Waals surface area (Å²) in [4.78, 5) is 7.96. The van der Waals surface area contributed by atoms with Crippen molar-refractivity contribution in [2.75, 3.05) is 11.9 Å². The number of aromatic nitrogens is 2. The van der Waals surface area contributed by atoms with Crippen LogP contribution >= 0.6 is 11.6 Å². The van der Waals surface area contributed by atoms with Crippen LogP contribution in [0.1, 0.15) is 12.6 Å². The van der Waals surface area contributed by atoms with Gasteiger partial charge in [0.15, 0.2) is 23.3 Å². The van der Waals surface area contributed by atoms with E-state index in [1.54, 1.807) is 6.07 Å². The Hall–Kier alpha value is -1.75. The summed E-state index contributed by atoms with van der Waals surface area (Å²) in [5.74, 6) is -0.982. The van der Waals surface area contributed by atoms with E-state index in [0.717, 1.165) is 0 Å². The molecule has 100 valence electrons. The zero-order valence-electron chi connectivity index (χ0n) is 10.5. The molecule has 1 aromatic carbocycles. The van der Waals surface area contributed by atoms with E-state index >= 15 is 0 Å². The van der Waals surface area contributed by atoms with Crippen molar-refractivity contribution in [3.63, 3.8) is 0 Å². The molecule has 2 rings (SSSR count). The van der Waals surface area contributed by atoms with Crippen LogP contribution in [0.4, 0.5) is 14.6 Å². The molecular formula is C13H12ClF2N3. The van der Waals surface area contributed by atoms with Crippen molar-refractivity contribution < 1.29 is 8.78 Å². The van der Waals surface area contributed by atoms with E-state index in [9.17, 15) is 8.78 Å². The molecule has 0 radical (unpaired) electrons. The third-order valence-electron chi connectivity index (χ3n) is 2.55. The van der Waals surface area contributed by atoms with Crippen LogP contribution in [0.2, 0.25) is 5.02 Å². The number of anilines is 1. The summed E-state index contributed by atoms with van der Waals surface area (Å²) < 4.78 is 27.7. The van der Waals surface area contributed by atoms with E-state index in [2.05, 4.69) is 15.3 Å². The molecule has 2 aromatic rings. The molecule has 0 atom stereocenters. The predicted molar refractivity (Wildman–Crippen MR) is 71.3 cm³/mol. The zero-order valence-corrected chi connectivity index (χ0v) is 11.2. The molecule has 1 N–H and O–H groups in total. The molecule has 0 aliphatic carbocycles. The van der Waals surface area contributed by atoms with Crippen LogP contribution in [0, 0.1) is 18.6 Å². The van der Waals surface area contributed by atoms with Crippen molar-refractivity contribution in [3.8, 4) is 11.4 Å². The molecule has 0 unspecified atom stereocenters. The molecule has 1 aromatic heterocycles. The molecule has 19 heavy (non-hydrogen) atoms. The van der Waals surface area contributed by atoms with Gasteiger partial charge >= 0.3 is 0 Å². The second-order valence-electron chi connectivity index (χ2n) is 3.93. The summed E-state index contributed by atoms with van der Waals surface area (Å²) in [6, 6.07) is 4.53. The number of hydrogen-bond acceptors (Lipinski definition) is 3. The number of hydrogen-bond donors (Lipinski definition) is 1. The van der Waals surface area contributed by atoms with Crippen molar-refractivity contribution >= 4 is 17.4 Å². The van der Waals surface area contributed by atoms with Crippen LogP contribution < -0.4 is 5.32 Å². The fourth-order valence-electron chi connectivity index (χ4n) is 1.64. The summed E-state index contributed by atoms with van der Waals surface area (Å²) in [6.45, 7) is 3.82. The largest absolute Gasteiger partial charge is 0.368 e. The van der Waals surface area contributed by atoms with Crippen LogP contribution in [0.5, 0.6) is 0 Å². The van der Waals surface area contributed by atoms with Gasteiger partial charge < -0.3 is 5.32 Å².